The van der Waals surface area contributed by atoms with Gasteiger partial charge < -0.3 is 14.5 Å². The van der Waals surface area contributed by atoms with Gasteiger partial charge in [0.2, 0.25) is 0 Å². The van der Waals surface area contributed by atoms with Crippen molar-refractivity contribution < 1.29 is 14.3 Å². The number of rotatable bonds is 6. The first-order valence-electron chi connectivity index (χ1n) is 9.02. The van der Waals surface area contributed by atoms with Gasteiger partial charge in [-0.15, -0.1) is 22.7 Å². The number of aromatic nitrogens is 2. The number of fused-ring (bicyclic) bond motifs is 2. The molecule has 0 spiro atoms. The fourth-order valence-corrected chi connectivity index (χ4v) is 5.38. The van der Waals surface area contributed by atoms with E-state index in [1.165, 1.54) is 21.8 Å². The molecular weight excluding hydrogens is 398 g/mol. The summed E-state index contributed by atoms with van der Waals surface area (Å²) in [6.45, 7) is 4.64. The summed E-state index contributed by atoms with van der Waals surface area (Å²) in [6, 6.07) is 2.16. The Morgan fingerprint density at radius 1 is 1.39 bits per heavy atom. The number of nitrogens with one attached hydrogen (secondary N) is 1. The van der Waals surface area contributed by atoms with Crippen molar-refractivity contribution in [1.82, 2.24) is 14.9 Å². The molecule has 0 saturated carbocycles. The molecule has 4 heterocycles. The van der Waals surface area contributed by atoms with E-state index in [1.54, 1.807) is 25.4 Å². The molecule has 0 aromatic carbocycles. The minimum atomic E-state index is -0.445. The molecule has 0 unspecified atom stereocenters. The monoisotopic (exact) mass is 419 g/mol. The van der Waals surface area contributed by atoms with Crippen molar-refractivity contribution in [1.29, 1.82) is 0 Å². The molecule has 4 rings (SSSR count). The maximum atomic E-state index is 12.6. The number of carbonyl (C=O) groups is 1. The van der Waals surface area contributed by atoms with E-state index in [4.69, 9.17) is 9.47 Å². The largest absolute Gasteiger partial charge is 0.459 e. The number of nitrogens with zero attached hydrogens (tertiary/aromatic N) is 2. The van der Waals surface area contributed by atoms with Crippen LogP contribution in [-0.2, 0) is 29.0 Å². The highest BCUT2D eigenvalue weighted by Gasteiger charge is 2.22. The fraction of sp³-hybridized carbons (Fsp3) is 0.421. The van der Waals surface area contributed by atoms with Gasteiger partial charge in [-0.1, -0.05) is 0 Å². The Kier molecular flexibility index (Phi) is 5.58. The normalized spacial score (nSPS) is 14.4. The van der Waals surface area contributed by atoms with E-state index >= 15 is 0 Å². The number of H-pyrrole nitrogens is 1. The molecule has 148 valence electrons. The number of hydrogen-bond donors (Lipinski definition) is 1. The zero-order chi connectivity index (χ0) is 19.7. The minimum Gasteiger partial charge on any atom is -0.459 e. The lowest BCUT2D eigenvalue weighted by molar-refractivity contribution is 0.0393. The highest BCUT2D eigenvalue weighted by Crippen LogP contribution is 2.28. The van der Waals surface area contributed by atoms with E-state index in [9.17, 15) is 9.59 Å². The first-order chi connectivity index (χ1) is 13.6. The zero-order valence-electron chi connectivity index (χ0n) is 15.7. The molecule has 0 atom stereocenters. The molecular formula is C19H21N3O4S2. The Morgan fingerprint density at radius 3 is 3.07 bits per heavy atom. The SMILES string of the molecule is COCCOC(=O)c1sc2nc(CN3CCc4sccc4C3)[nH]c(=O)c2c1C. The van der Waals surface area contributed by atoms with Crippen molar-refractivity contribution >= 4 is 38.9 Å². The average molecular weight is 420 g/mol. The van der Waals surface area contributed by atoms with Gasteiger partial charge in [0.05, 0.1) is 18.5 Å². The molecule has 28 heavy (non-hydrogen) atoms. The lowest BCUT2D eigenvalue weighted by Gasteiger charge is -2.26. The second-order valence-corrected chi connectivity index (χ2v) is 8.71. The maximum Gasteiger partial charge on any atom is 0.348 e. The topological polar surface area (TPSA) is 84.5 Å². The molecule has 1 aliphatic rings. The summed E-state index contributed by atoms with van der Waals surface area (Å²) in [5.41, 5.74) is 1.76. The van der Waals surface area contributed by atoms with Crippen molar-refractivity contribution in [3.63, 3.8) is 0 Å². The van der Waals surface area contributed by atoms with Crippen LogP contribution in [-0.4, -0.2) is 47.7 Å². The molecule has 0 saturated heterocycles. The van der Waals surface area contributed by atoms with Crippen molar-refractivity contribution in [2.75, 3.05) is 26.9 Å². The van der Waals surface area contributed by atoms with Crippen LogP contribution in [0.15, 0.2) is 16.2 Å². The smallest absolute Gasteiger partial charge is 0.348 e. The number of esters is 1. The third-order valence-electron chi connectivity index (χ3n) is 4.82. The van der Waals surface area contributed by atoms with E-state index < -0.39 is 5.97 Å². The number of aromatic amines is 1. The van der Waals surface area contributed by atoms with Crippen LogP contribution < -0.4 is 5.56 Å². The molecule has 0 aliphatic carbocycles. The number of aryl methyl sites for hydroxylation is 1. The van der Waals surface area contributed by atoms with Crippen LogP contribution >= 0.6 is 22.7 Å². The summed E-state index contributed by atoms with van der Waals surface area (Å²) < 4.78 is 10.1. The van der Waals surface area contributed by atoms with E-state index in [1.807, 2.05) is 0 Å². The lowest BCUT2D eigenvalue weighted by atomic mass is 10.1. The molecule has 3 aromatic rings. The van der Waals surface area contributed by atoms with Gasteiger partial charge >= 0.3 is 5.97 Å². The van der Waals surface area contributed by atoms with Crippen LogP contribution in [0.4, 0.5) is 0 Å². The maximum absolute atomic E-state index is 12.6. The molecule has 1 N–H and O–H groups in total. The third-order valence-corrected chi connectivity index (χ3v) is 7.00. The number of thiophene rings is 2. The van der Waals surface area contributed by atoms with Crippen molar-refractivity contribution in [3.05, 3.63) is 48.5 Å². The summed E-state index contributed by atoms with van der Waals surface area (Å²) >= 11 is 3.01. The Balaban J connectivity index is 1.56. The first kappa shape index (κ1) is 19.3. The first-order valence-corrected chi connectivity index (χ1v) is 10.7. The van der Waals surface area contributed by atoms with Gasteiger partial charge in [-0.25, -0.2) is 9.78 Å². The van der Waals surface area contributed by atoms with Gasteiger partial charge in [0, 0.05) is 25.1 Å². The fourth-order valence-electron chi connectivity index (χ4n) is 3.39. The molecule has 0 fully saturated rings. The molecule has 3 aromatic heterocycles. The van der Waals surface area contributed by atoms with Crippen LogP contribution in [0.2, 0.25) is 0 Å². The van der Waals surface area contributed by atoms with E-state index in [-0.39, 0.29) is 12.2 Å². The van der Waals surface area contributed by atoms with Crippen molar-refractivity contribution in [3.8, 4) is 0 Å². The Labute approximate surface area is 169 Å². The summed E-state index contributed by atoms with van der Waals surface area (Å²) in [5.74, 6) is 0.177. The quantitative estimate of drug-likeness (QED) is 0.489. The van der Waals surface area contributed by atoms with Crippen LogP contribution in [0.1, 0.15) is 31.5 Å². The number of hydrogen-bond acceptors (Lipinski definition) is 8. The summed E-state index contributed by atoms with van der Waals surface area (Å²) in [4.78, 5) is 37.2. The lowest BCUT2D eigenvalue weighted by Crippen LogP contribution is -2.30. The van der Waals surface area contributed by atoms with Gasteiger partial charge in [0.25, 0.3) is 5.56 Å². The summed E-state index contributed by atoms with van der Waals surface area (Å²) in [6.07, 6.45) is 1.02. The Hall–Kier alpha value is -2.07. The van der Waals surface area contributed by atoms with Gasteiger partial charge in [0.1, 0.15) is 22.1 Å². The number of carbonyl (C=O) groups excluding carboxylic acids is 1. The number of ether oxygens (including phenoxy) is 2. The molecule has 0 bridgehead atoms. The Morgan fingerprint density at radius 2 is 2.25 bits per heavy atom. The summed E-state index contributed by atoms with van der Waals surface area (Å²) in [7, 11) is 1.55. The average Bonchev–Trinajstić information content (AvgIpc) is 3.26. The predicted molar refractivity (Wildman–Crippen MR) is 109 cm³/mol. The highest BCUT2D eigenvalue weighted by molar-refractivity contribution is 7.20. The summed E-state index contributed by atoms with van der Waals surface area (Å²) in [5, 5.41) is 2.59. The van der Waals surface area contributed by atoms with E-state index in [0.717, 1.165) is 19.5 Å². The molecule has 0 amide bonds. The highest BCUT2D eigenvalue weighted by atomic mass is 32.1. The van der Waals surface area contributed by atoms with Crippen LogP contribution in [0, 0.1) is 6.92 Å². The van der Waals surface area contributed by atoms with E-state index in [0.29, 0.717) is 39.6 Å². The van der Waals surface area contributed by atoms with Crippen molar-refractivity contribution in [2.24, 2.45) is 0 Å². The Bertz CT molecular complexity index is 1070. The molecule has 7 nitrogen and oxygen atoms in total. The van der Waals surface area contributed by atoms with Crippen LogP contribution in [0.3, 0.4) is 0 Å². The van der Waals surface area contributed by atoms with Gasteiger partial charge in [-0.05, 0) is 35.9 Å². The van der Waals surface area contributed by atoms with Gasteiger partial charge in [-0.2, -0.15) is 0 Å². The zero-order valence-corrected chi connectivity index (χ0v) is 17.4. The predicted octanol–water partition coefficient (Wildman–Crippen LogP) is 2.72. The molecule has 0 radical (unpaired) electrons. The second kappa shape index (κ2) is 8.12. The molecule has 9 heteroatoms. The second-order valence-electron chi connectivity index (χ2n) is 6.71. The third kappa shape index (κ3) is 3.75. The van der Waals surface area contributed by atoms with Crippen LogP contribution in [0.5, 0.6) is 0 Å². The van der Waals surface area contributed by atoms with E-state index in [2.05, 4.69) is 26.3 Å². The number of methoxy groups -OCH3 is 1. The van der Waals surface area contributed by atoms with Gasteiger partial charge in [0.15, 0.2) is 0 Å². The van der Waals surface area contributed by atoms with Crippen molar-refractivity contribution in [2.45, 2.75) is 26.4 Å². The molecule has 1 aliphatic heterocycles. The van der Waals surface area contributed by atoms with Crippen LogP contribution in [0.25, 0.3) is 10.2 Å². The standard InChI is InChI=1S/C19H21N3O4S2/c1-11-15-17(23)20-14(10-22-5-3-13-12(9-22)4-8-27-13)21-18(15)28-16(11)19(24)26-7-6-25-2/h4,8H,3,5-7,9-10H2,1-2H3,(H,20,21,23). The van der Waals surface area contributed by atoms with Gasteiger partial charge in [-0.3, -0.25) is 9.69 Å². The minimum absolute atomic E-state index is 0.178.